The third kappa shape index (κ3) is 5.60. The lowest BCUT2D eigenvalue weighted by atomic mass is 9.95. The van der Waals surface area contributed by atoms with Gasteiger partial charge in [0.25, 0.3) is 0 Å². The van der Waals surface area contributed by atoms with Crippen molar-refractivity contribution in [3.8, 4) is 11.4 Å². The van der Waals surface area contributed by atoms with Gasteiger partial charge in [0.2, 0.25) is 0 Å². The number of aromatic nitrogens is 1. The topological polar surface area (TPSA) is 71.3 Å². The summed E-state index contributed by atoms with van der Waals surface area (Å²) in [7, 11) is 3.72. The van der Waals surface area contributed by atoms with Crippen LogP contribution in [0.1, 0.15) is 36.7 Å². The molecule has 3 rings (SSSR count). The number of aryl methyl sites for hydroxylation is 1. The van der Waals surface area contributed by atoms with E-state index in [1.165, 1.54) is 17.0 Å². The number of nitrogens with zero attached hydrogens (tertiary/aromatic N) is 3. The zero-order valence-electron chi connectivity index (χ0n) is 19.4. The highest BCUT2D eigenvalue weighted by Crippen LogP contribution is 2.24. The van der Waals surface area contributed by atoms with Gasteiger partial charge in [-0.3, -0.25) is 4.99 Å². The standard InChI is InChI=1S/C24H36N4O3/c1-6-25-23(26-17-24(29)11-13-31-14-12-24)27(4)16-20-15-18(2)28(19(20)3)21-7-9-22(30-5)10-8-21/h7-10,15,29H,6,11-14,16-17H2,1-5H3,(H,25,26). The van der Waals surface area contributed by atoms with Crippen molar-refractivity contribution in [1.29, 1.82) is 0 Å². The SMILES string of the molecule is CCNC(=NCC1(O)CCOCC1)N(C)Cc1cc(C)n(-c2ccc(OC)cc2)c1C. The van der Waals surface area contributed by atoms with Crippen LogP contribution < -0.4 is 10.1 Å². The highest BCUT2D eigenvalue weighted by atomic mass is 16.5. The summed E-state index contributed by atoms with van der Waals surface area (Å²) in [4.78, 5) is 6.86. The van der Waals surface area contributed by atoms with Gasteiger partial charge >= 0.3 is 0 Å². The summed E-state index contributed by atoms with van der Waals surface area (Å²) in [5.41, 5.74) is 3.97. The first-order chi connectivity index (χ1) is 14.9. The molecule has 170 valence electrons. The van der Waals surface area contributed by atoms with E-state index in [0.29, 0.717) is 32.6 Å². The van der Waals surface area contributed by atoms with E-state index in [4.69, 9.17) is 14.5 Å². The molecule has 7 heteroatoms. The molecular formula is C24H36N4O3. The van der Waals surface area contributed by atoms with E-state index in [-0.39, 0.29) is 0 Å². The lowest BCUT2D eigenvalue weighted by Crippen LogP contribution is -2.43. The highest BCUT2D eigenvalue weighted by Gasteiger charge is 2.29. The number of rotatable bonds is 7. The molecular weight excluding hydrogens is 392 g/mol. The van der Waals surface area contributed by atoms with Gasteiger partial charge in [0.05, 0.1) is 19.3 Å². The Balaban J connectivity index is 1.77. The van der Waals surface area contributed by atoms with E-state index in [1.54, 1.807) is 7.11 Å². The smallest absolute Gasteiger partial charge is 0.194 e. The van der Waals surface area contributed by atoms with E-state index in [1.807, 2.05) is 19.2 Å². The maximum Gasteiger partial charge on any atom is 0.194 e. The first-order valence-corrected chi connectivity index (χ1v) is 11.0. The van der Waals surface area contributed by atoms with E-state index in [9.17, 15) is 5.11 Å². The molecule has 31 heavy (non-hydrogen) atoms. The van der Waals surface area contributed by atoms with Crippen molar-refractivity contribution in [3.05, 3.63) is 47.3 Å². The van der Waals surface area contributed by atoms with Crippen LogP contribution >= 0.6 is 0 Å². The van der Waals surface area contributed by atoms with Crippen LogP contribution in [0, 0.1) is 13.8 Å². The minimum Gasteiger partial charge on any atom is -0.497 e. The van der Waals surface area contributed by atoms with Crippen LogP contribution in [0.4, 0.5) is 0 Å². The summed E-state index contributed by atoms with van der Waals surface area (Å²) >= 11 is 0. The summed E-state index contributed by atoms with van der Waals surface area (Å²) in [6, 6.07) is 10.3. The highest BCUT2D eigenvalue weighted by molar-refractivity contribution is 5.79. The molecule has 0 spiro atoms. The number of hydrogen-bond donors (Lipinski definition) is 2. The third-order valence-corrected chi connectivity index (χ3v) is 5.92. The third-order valence-electron chi connectivity index (χ3n) is 5.92. The van der Waals surface area contributed by atoms with Gasteiger partial charge in [-0.25, -0.2) is 0 Å². The molecule has 1 aliphatic rings. The van der Waals surface area contributed by atoms with Gasteiger partial charge in [-0.1, -0.05) is 0 Å². The summed E-state index contributed by atoms with van der Waals surface area (Å²) < 4.78 is 12.9. The van der Waals surface area contributed by atoms with E-state index in [0.717, 1.165) is 30.5 Å². The molecule has 7 nitrogen and oxygen atoms in total. The lowest BCUT2D eigenvalue weighted by Gasteiger charge is -2.31. The number of ether oxygens (including phenoxy) is 2. The largest absolute Gasteiger partial charge is 0.497 e. The molecule has 0 unspecified atom stereocenters. The molecule has 2 aromatic rings. The number of nitrogens with one attached hydrogen (secondary N) is 1. The molecule has 0 amide bonds. The second-order valence-electron chi connectivity index (χ2n) is 8.29. The number of hydrogen-bond acceptors (Lipinski definition) is 4. The normalized spacial score (nSPS) is 16.3. The molecule has 0 aliphatic carbocycles. The molecule has 1 aromatic heterocycles. The number of aliphatic hydroxyl groups is 1. The van der Waals surface area contributed by atoms with Gasteiger partial charge in [0.15, 0.2) is 5.96 Å². The van der Waals surface area contributed by atoms with Gasteiger partial charge in [-0.15, -0.1) is 0 Å². The zero-order valence-corrected chi connectivity index (χ0v) is 19.4. The summed E-state index contributed by atoms with van der Waals surface area (Å²) in [5.74, 6) is 1.65. The van der Waals surface area contributed by atoms with E-state index >= 15 is 0 Å². The maximum atomic E-state index is 10.8. The van der Waals surface area contributed by atoms with Gasteiger partial charge in [-0.2, -0.15) is 0 Å². The minimum atomic E-state index is -0.774. The molecule has 1 fully saturated rings. The first kappa shape index (κ1) is 23.2. The van der Waals surface area contributed by atoms with Crippen LogP contribution in [0.3, 0.4) is 0 Å². The monoisotopic (exact) mass is 428 g/mol. The maximum absolute atomic E-state index is 10.8. The second kappa shape index (κ2) is 10.2. The van der Waals surface area contributed by atoms with Crippen molar-refractivity contribution < 1.29 is 14.6 Å². The van der Waals surface area contributed by atoms with Crippen LogP contribution in [0.15, 0.2) is 35.3 Å². The molecule has 0 atom stereocenters. The van der Waals surface area contributed by atoms with Gasteiger partial charge in [0.1, 0.15) is 5.75 Å². The number of methoxy groups -OCH3 is 1. The van der Waals surface area contributed by atoms with Crippen molar-refractivity contribution in [1.82, 2.24) is 14.8 Å². The fraction of sp³-hybridized carbons (Fsp3) is 0.542. The quantitative estimate of drug-likeness (QED) is 0.524. The average Bonchev–Trinajstić information content (AvgIpc) is 3.04. The van der Waals surface area contributed by atoms with E-state index < -0.39 is 5.60 Å². The average molecular weight is 429 g/mol. The Kier molecular flexibility index (Phi) is 7.62. The van der Waals surface area contributed by atoms with Crippen molar-refractivity contribution in [2.45, 2.75) is 45.8 Å². The summed E-state index contributed by atoms with van der Waals surface area (Å²) in [6.45, 7) is 9.40. The molecule has 0 bridgehead atoms. The van der Waals surface area contributed by atoms with E-state index in [2.05, 4.69) is 53.8 Å². The Morgan fingerprint density at radius 2 is 1.94 bits per heavy atom. The van der Waals surface area contributed by atoms with Crippen LogP contribution in [0.2, 0.25) is 0 Å². The predicted octanol–water partition coefficient (Wildman–Crippen LogP) is 3.04. The van der Waals surface area contributed by atoms with Crippen LogP contribution in [0.25, 0.3) is 5.69 Å². The lowest BCUT2D eigenvalue weighted by molar-refractivity contribution is -0.0566. The Morgan fingerprint density at radius 1 is 1.26 bits per heavy atom. The molecule has 0 radical (unpaired) electrons. The van der Waals surface area contributed by atoms with Gasteiger partial charge in [-0.05, 0) is 56.7 Å². The molecule has 2 N–H and O–H groups in total. The Labute approximate surface area is 185 Å². The Morgan fingerprint density at radius 3 is 2.55 bits per heavy atom. The molecule has 0 saturated carbocycles. The van der Waals surface area contributed by atoms with Crippen LogP contribution in [0.5, 0.6) is 5.75 Å². The molecule has 1 saturated heterocycles. The second-order valence-corrected chi connectivity index (χ2v) is 8.29. The predicted molar refractivity (Wildman–Crippen MR) is 124 cm³/mol. The van der Waals surface area contributed by atoms with Crippen molar-refractivity contribution >= 4 is 5.96 Å². The zero-order chi connectivity index (χ0) is 22.4. The number of benzene rings is 1. The number of aliphatic imine (C=N–C) groups is 1. The summed E-state index contributed by atoms with van der Waals surface area (Å²) in [6.07, 6.45) is 1.26. The first-order valence-electron chi connectivity index (χ1n) is 11.0. The van der Waals surface area contributed by atoms with Crippen molar-refractivity contribution in [3.63, 3.8) is 0 Å². The van der Waals surface area contributed by atoms with Gasteiger partial charge in [0, 0.05) is 63.3 Å². The van der Waals surface area contributed by atoms with Crippen LogP contribution in [-0.4, -0.2) is 66.6 Å². The molecule has 1 aromatic carbocycles. The Hall–Kier alpha value is -2.51. The fourth-order valence-electron chi connectivity index (χ4n) is 4.05. The van der Waals surface area contributed by atoms with Crippen molar-refractivity contribution in [2.75, 3.05) is 40.5 Å². The number of guanidine groups is 1. The van der Waals surface area contributed by atoms with Crippen molar-refractivity contribution in [2.24, 2.45) is 4.99 Å². The molecule has 2 heterocycles. The molecule has 1 aliphatic heterocycles. The fourth-order valence-corrected chi connectivity index (χ4v) is 4.05. The summed E-state index contributed by atoms with van der Waals surface area (Å²) in [5, 5.41) is 14.1. The van der Waals surface area contributed by atoms with Gasteiger partial charge < -0.3 is 29.4 Å². The minimum absolute atomic E-state index is 0.383. The Bertz CT molecular complexity index is 883. The van der Waals surface area contributed by atoms with Crippen LogP contribution in [-0.2, 0) is 11.3 Å².